The van der Waals surface area contributed by atoms with Gasteiger partial charge in [-0.2, -0.15) is 0 Å². The number of rotatable bonds is 8. The van der Waals surface area contributed by atoms with Gasteiger partial charge in [-0.15, -0.1) is 0 Å². The van der Waals surface area contributed by atoms with Gasteiger partial charge in [0.1, 0.15) is 12.6 Å². The zero-order valence-corrected chi connectivity index (χ0v) is 20.3. The van der Waals surface area contributed by atoms with Gasteiger partial charge in [0.15, 0.2) is 0 Å². The van der Waals surface area contributed by atoms with Crippen molar-refractivity contribution >= 4 is 23.6 Å². The van der Waals surface area contributed by atoms with Crippen LogP contribution in [0.5, 0.6) is 0 Å². The summed E-state index contributed by atoms with van der Waals surface area (Å²) < 4.78 is 0. The van der Waals surface area contributed by atoms with E-state index in [4.69, 9.17) is 0 Å². The minimum atomic E-state index is -0.767. The molecule has 9 nitrogen and oxygen atoms in total. The zero-order chi connectivity index (χ0) is 24.8. The van der Waals surface area contributed by atoms with Crippen LogP contribution in [0, 0.1) is 5.92 Å². The van der Waals surface area contributed by atoms with E-state index in [2.05, 4.69) is 28.1 Å². The monoisotopic (exact) mass is 469 g/mol. The van der Waals surface area contributed by atoms with E-state index in [9.17, 15) is 19.2 Å². The molecule has 0 bridgehead atoms. The Hall–Kier alpha value is -3.20. The van der Waals surface area contributed by atoms with E-state index >= 15 is 0 Å². The Morgan fingerprint density at radius 2 is 1.82 bits per heavy atom. The van der Waals surface area contributed by atoms with Crippen molar-refractivity contribution in [3.63, 3.8) is 0 Å². The lowest BCUT2D eigenvalue weighted by atomic mass is 9.87. The largest absolute Gasteiger partial charge is 0.345 e. The maximum Gasteiger partial charge on any atom is 0.247 e. The molecule has 1 aromatic carbocycles. The quantitative estimate of drug-likeness (QED) is 0.528. The number of likely N-dealkylation sites (N-methyl/N-ethyl adjacent to an activating group) is 1. The highest BCUT2D eigenvalue weighted by atomic mass is 16.2. The molecular weight excluding hydrogens is 434 g/mol. The molecule has 3 atom stereocenters. The first-order chi connectivity index (χ1) is 16.2. The number of nitrogens with one attached hydrogen (secondary N) is 3. The van der Waals surface area contributed by atoms with E-state index < -0.39 is 18.0 Å². The normalized spacial score (nSPS) is 19.4. The van der Waals surface area contributed by atoms with Crippen LogP contribution in [-0.4, -0.2) is 65.6 Å². The number of amides is 4. The molecule has 1 aliphatic heterocycles. The smallest absolute Gasteiger partial charge is 0.247 e. The Kier molecular flexibility index (Phi) is 8.44. The molecule has 34 heavy (non-hydrogen) atoms. The third kappa shape index (κ3) is 5.83. The second-order valence-corrected chi connectivity index (χ2v) is 9.19. The van der Waals surface area contributed by atoms with Gasteiger partial charge in [0.25, 0.3) is 0 Å². The van der Waals surface area contributed by atoms with Crippen molar-refractivity contribution < 1.29 is 19.2 Å². The van der Waals surface area contributed by atoms with Crippen molar-refractivity contribution in [3.05, 3.63) is 47.8 Å². The number of hydrogen-bond acceptors (Lipinski definition) is 5. The van der Waals surface area contributed by atoms with Gasteiger partial charge in [-0.05, 0) is 50.3 Å². The van der Waals surface area contributed by atoms with Crippen LogP contribution in [0.4, 0.5) is 0 Å². The van der Waals surface area contributed by atoms with Crippen molar-refractivity contribution in [2.24, 2.45) is 5.92 Å². The highest BCUT2D eigenvalue weighted by molar-refractivity contribution is 5.93. The molecule has 1 aromatic rings. The molecule has 184 valence electrons. The average Bonchev–Trinajstić information content (AvgIpc) is 2.84. The Morgan fingerprint density at radius 3 is 2.50 bits per heavy atom. The van der Waals surface area contributed by atoms with E-state index in [0.29, 0.717) is 0 Å². The predicted molar refractivity (Wildman–Crippen MR) is 128 cm³/mol. The van der Waals surface area contributed by atoms with E-state index in [1.54, 1.807) is 31.3 Å². The molecule has 0 saturated heterocycles. The third-order valence-corrected chi connectivity index (χ3v) is 6.48. The van der Waals surface area contributed by atoms with Gasteiger partial charge in [-0.1, -0.05) is 38.1 Å². The lowest BCUT2D eigenvalue weighted by Gasteiger charge is -2.37. The Bertz CT molecular complexity index is 960. The minimum Gasteiger partial charge on any atom is -0.345 e. The van der Waals surface area contributed by atoms with Crippen molar-refractivity contribution in [2.75, 3.05) is 20.1 Å². The maximum absolute atomic E-state index is 12.9. The number of nitrogens with zero attached hydrogens (tertiary/aromatic N) is 2. The molecule has 1 heterocycles. The Labute approximate surface area is 200 Å². The molecule has 1 aliphatic carbocycles. The molecule has 0 fully saturated rings. The first-order valence-corrected chi connectivity index (χ1v) is 11.8. The fraction of sp³-hybridized carbons (Fsp3) is 0.520. The van der Waals surface area contributed by atoms with E-state index in [1.165, 1.54) is 10.5 Å². The predicted octanol–water partition coefficient (Wildman–Crippen LogP) is 1.07. The number of hydrogen-bond donors (Lipinski definition) is 3. The second kappa shape index (κ2) is 11.3. The van der Waals surface area contributed by atoms with Crippen molar-refractivity contribution in [1.29, 1.82) is 0 Å². The first-order valence-electron chi connectivity index (χ1n) is 11.8. The summed E-state index contributed by atoms with van der Waals surface area (Å²) in [5.41, 5.74) is 2.42. The number of aryl methyl sites for hydroxylation is 1. The van der Waals surface area contributed by atoms with Crippen LogP contribution in [0.1, 0.15) is 50.8 Å². The highest BCUT2D eigenvalue weighted by Gasteiger charge is 2.32. The van der Waals surface area contributed by atoms with Crippen LogP contribution in [0.3, 0.4) is 0 Å². The molecule has 3 rings (SSSR count). The number of carbonyl (C=O) groups excluding carboxylic acids is 4. The van der Waals surface area contributed by atoms with Gasteiger partial charge < -0.3 is 25.8 Å². The van der Waals surface area contributed by atoms with E-state index in [-0.39, 0.29) is 42.8 Å². The fourth-order valence-corrected chi connectivity index (χ4v) is 4.30. The van der Waals surface area contributed by atoms with Crippen LogP contribution in [0.15, 0.2) is 36.7 Å². The number of carbonyl (C=O) groups is 4. The average molecular weight is 470 g/mol. The summed E-state index contributed by atoms with van der Waals surface area (Å²) in [5, 5.41) is 8.15. The summed E-state index contributed by atoms with van der Waals surface area (Å²) in [7, 11) is 1.66. The van der Waals surface area contributed by atoms with E-state index in [0.717, 1.165) is 24.8 Å². The molecule has 4 amide bonds. The molecule has 1 unspecified atom stereocenters. The molecule has 0 saturated carbocycles. The summed E-state index contributed by atoms with van der Waals surface area (Å²) >= 11 is 0. The van der Waals surface area contributed by atoms with Gasteiger partial charge in [0, 0.05) is 12.4 Å². The van der Waals surface area contributed by atoms with Crippen LogP contribution >= 0.6 is 0 Å². The molecule has 0 aromatic heterocycles. The Balaban J connectivity index is 1.59. The van der Waals surface area contributed by atoms with Gasteiger partial charge in [-0.25, -0.2) is 0 Å². The van der Waals surface area contributed by atoms with Crippen LogP contribution < -0.4 is 16.0 Å². The van der Waals surface area contributed by atoms with Gasteiger partial charge in [0.05, 0.1) is 18.6 Å². The minimum absolute atomic E-state index is 0.0268. The first kappa shape index (κ1) is 25.4. The highest BCUT2D eigenvalue weighted by Crippen LogP contribution is 2.35. The number of benzene rings is 1. The molecule has 3 N–H and O–H groups in total. The van der Waals surface area contributed by atoms with Crippen LogP contribution in [0.25, 0.3) is 0 Å². The van der Waals surface area contributed by atoms with Crippen LogP contribution in [0.2, 0.25) is 0 Å². The summed E-state index contributed by atoms with van der Waals surface area (Å²) in [6, 6.07) is 6.93. The second-order valence-electron chi connectivity index (χ2n) is 9.19. The Morgan fingerprint density at radius 1 is 1.09 bits per heavy atom. The molecule has 0 radical (unpaired) electrons. The van der Waals surface area contributed by atoms with Gasteiger partial charge in [-0.3, -0.25) is 19.2 Å². The number of fused-ring (bicyclic) bond motifs is 1. The van der Waals surface area contributed by atoms with Crippen molar-refractivity contribution in [1.82, 2.24) is 25.8 Å². The van der Waals surface area contributed by atoms with Crippen LogP contribution in [-0.2, 0) is 25.6 Å². The third-order valence-electron chi connectivity index (χ3n) is 6.48. The SMILES string of the molecule is CN[C@@H](C)C(=O)N[C@H](C(=O)NCC(=O)N1C=CN(C2CCCc3ccccc32)C(=O)C1)C(C)C. The summed E-state index contributed by atoms with van der Waals surface area (Å²) in [5.74, 6) is -1.44. The standard InChI is InChI=1S/C25H35N5O4/c1-16(2)23(28-24(33)17(3)26-4)25(34)27-14-21(31)29-12-13-30(22(32)15-29)20-11-7-9-18-8-5-6-10-19(18)20/h5-6,8,10,12-13,16-17,20,23,26H,7,9,11,14-15H2,1-4H3,(H,27,34)(H,28,33)/t17-,20?,23-/m0/s1. The summed E-state index contributed by atoms with van der Waals surface area (Å²) in [6.45, 7) is 5.00. The zero-order valence-electron chi connectivity index (χ0n) is 20.3. The lowest BCUT2D eigenvalue weighted by molar-refractivity contribution is -0.140. The summed E-state index contributed by atoms with van der Waals surface area (Å²) in [6.07, 6.45) is 6.16. The van der Waals surface area contributed by atoms with Crippen molar-refractivity contribution in [2.45, 2.75) is 58.2 Å². The maximum atomic E-state index is 12.9. The summed E-state index contributed by atoms with van der Waals surface area (Å²) in [4.78, 5) is 53.5. The van der Waals surface area contributed by atoms with E-state index in [1.807, 2.05) is 26.0 Å². The lowest BCUT2D eigenvalue weighted by Crippen LogP contribution is -2.55. The molecule has 2 aliphatic rings. The van der Waals surface area contributed by atoms with Crippen molar-refractivity contribution in [3.8, 4) is 0 Å². The fourth-order valence-electron chi connectivity index (χ4n) is 4.30. The van der Waals surface area contributed by atoms with Gasteiger partial charge >= 0.3 is 0 Å². The van der Waals surface area contributed by atoms with Gasteiger partial charge in [0.2, 0.25) is 23.6 Å². The molecular formula is C25H35N5O4. The molecule has 0 spiro atoms. The topological polar surface area (TPSA) is 111 Å². The molecule has 9 heteroatoms.